The van der Waals surface area contributed by atoms with Gasteiger partial charge in [-0.15, -0.1) is 0 Å². The molecule has 1 aromatic rings. The molecule has 1 aromatic carbocycles. The van der Waals surface area contributed by atoms with Gasteiger partial charge in [0.05, 0.1) is 9.84 Å². The van der Waals surface area contributed by atoms with Gasteiger partial charge in [0.1, 0.15) is 0 Å². The molecule has 17 heavy (non-hydrogen) atoms. The third kappa shape index (κ3) is 3.16. The maximum atomic E-state index is 11.7. The number of nitrogens with zero attached hydrogens (tertiary/aromatic N) is 2. The van der Waals surface area contributed by atoms with Crippen LogP contribution < -0.4 is 18.9 Å². The number of rotatable bonds is 3. The molecular weight excluding hydrogens is 231 g/mol. The zero-order chi connectivity index (χ0) is 12.2. The Kier molecular flexibility index (Phi) is 5.58. The Morgan fingerprint density at radius 1 is 1.18 bits per heavy atom. The summed E-state index contributed by atoms with van der Waals surface area (Å²) < 4.78 is 23.4. The van der Waals surface area contributed by atoms with Gasteiger partial charge in [-0.05, 0) is 17.7 Å². The summed E-state index contributed by atoms with van der Waals surface area (Å²) in [6, 6.07) is 8.50. The number of benzene rings is 1. The van der Waals surface area contributed by atoms with Crippen molar-refractivity contribution in [1.82, 2.24) is 0 Å². The maximum Gasteiger partial charge on any atom is 1.00 e. The van der Waals surface area contributed by atoms with E-state index >= 15 is 0 Å². The van der Waals surface area contributed by atoms with E-state index in [0.29, 0.717) is 0 Å². The van der Waals surface area contributed by atoms with Crippen LogP contribution in [0.5, 0.6) is 0 Å². The van der Waals surface area contributed by atoms with Crippen LogP contribution >= 0.6 is 0 Å². The molecule has 0 aliphatic carbocycles. The second-order valence-electron chi connectivity index (χ2n) is 2.83. The maximum absolute atomic E-state index is 11.7. The Bertz CT molecular complexity index is 565. The van der Waals surface area contributed by atoms with Crippen molar-refractivity contribution in [3.05, 3.63) is 41.7 Å². The van der Waals surface area contributed by atoms with E-state index in [4.69, 9.17) is 10.5 Å². The van der Waals surface area contributed by atoms with Gasteiger partial charge in [-0.3, -0.25) is 8.42 Å². The molecule has 0 N–H and O–H groups in total. The van der Waals surface area contributed by atoms with Crippen molar-refractivity contribution in [2.24, 2.45) is 0 Å². The summed E-state index contributed by atoms with van der Waals surface area (Å²) in [6.07, 6.45) is 1.57. The molecule has 0 atom stereocenters. The van der Waals surface area contributed by atoms with Crippen LogP contribution in [0, 0.1) is 27.9 Å². The predicted octanol–water partition coefficient (Wildman–Crippen LogP) is -1.31. The van der Waals surface area contributed by atoms with Gasteiger partial charge in [-0.25, -0.2) is 10.5 Å². The molecule has 6 heteroatoms. The molecule has 0 fully saturated rings. The van der Waals surface area contributed by atoms with Gasteiger partial charge in [-0.2, -0.15) is 0 Å². The molecule has 0 saturated carbocycles. The van der Waals surface area contributed by atoms with Crippen LogP contribution in [0.2, 0.25) is 0 Å². The average molecular weight is 238 g/mol. The smallest absolute Gasteiger partial charge is 0.252 e. The fourth-order valence-electron chi connectivity index (χ4n) is 1.05. The van der Waals surface area contributed by atoms with Crippen molar-refractivity contribution < 1.29 is 27.3 Å². The molecule has 4 nitrogen and oxygen atoms in total. The fraction of sp³-hybridized carbons (Fsp3) is 0. The topological polar surface area (TPSA) is 81.7 Å². The molecule has 0 saturated heterocycles. The van der Waals surface area contributed by atoms with Crippen LogP contribution in [-0.4, -0.2) is 8.42 Å². The molecule has 80 valence electrons. The van der Waals surface area contributed by atoms with Crippen molar-refractivity contribution in [3.63, 3.8) is 0 Å². The molecule has 0 aromatic heterocycles. The monoisotopic (exact) mass is 238 g/mol. The van der Waals surface area contributed by atoms with Gasteiger partial charge in [0.25, 0.3) is 0 Å². The molecule has 0 spiro atoms. The van der Waals surface area contributed by atoms with Crippen molar-refractivity contribution in [1.29, 1.82) is 10.5 Å². The fourth-order valence-corrected chi connectivity index (χ4v) is 2.02. The van der Waals surface area contributed by atoms with E-state index in [2.05, 4.69) is 6.58 Å². The molecule has 0 aliphatic rings. The predicted molar refractivity (Wildman–Crippen MR) is 58.2 cm³/mol. The Hall–Kier alpha value is -1.64. The quantitative estimate of drug-likeness (QED) is 0.483. The summed E-state index contributed by atoms with van der Waals surface area (Å²) in [6.45, 7) is 3.53. The Labute approximate surface area is 112 Å². The summed E-state index contributed by atoms with van der Waals surface area (Å²) in [5, 5.41) is 16.2. The van der Waals surface area contributed by atoms with E-state index in [9.17, 15) is 8.42 Å². The van der Waals surface area contributed by atoms with Crippen molar-refractivity contribution in [2.45, 2.75) is 4.90 Å². The van der Waals surface area contributed by atoms with Gasteiger partial charge in [0, 0.05) is 4.90 Å². The van der Waals surface area contributed by atoms with Crippen LogP contribution in [0.4, 0.5) is 0 Å². The molecule has 0 unspecified atom stereocenters. The van der Waals surface area contributed by atoms with Crippen LogP contribution in [0.15, 0.2) is 35.7 Å². The molecule has 0 bridgehead atoms. The van der Waals surface area contributed by atoms with Crippen LogP contribution in [0.1, 0.15) is 5.56 Å². The Morgan fingerprint density at radius 2 is 1.65 bits per heavy atom. The van der Waals surface area contributed by atoms with E-state index in [-0.39, 0.29) is 23.8 Å². The molecule has 1 rings (SSSR count). The first kappa shape index (κ1) is 15.4. The van der Waals surface area contributed by atoms with Crippen molar-refractivity contribution >= 4 is 15.9 Å². The normalized spacial score (nSPS) is 9.29. The van der Waals surface area contributed by atoms with Gasteiger partial charge >= 0.3 is 18.9 Å². The number of hydrogen-bond donors (Lipinski definition) is 0. The average Bonchev–Trinajstić information content (AvgIpc) is 2.30. The van der Waals surface area contributed by atoms with Crippen molar-refractivity contribution in [2.75, 3.05) is 0 Å². The molecule has 0 radical (unpaired) electrons. The third-order valence-electron chi connectivity index (χ3n) is 1.90. The van der Waals surface area contributed by atoms with Gasteiger partial charge in [0.2, 0.25) is 0 Å². The number of sulfone groups is 1. The molecule has 0 aliphatic heterocycles. The summed E-state index contributed by atoms with van der Waals surface area (Å²) in [7, 11) is -3.97. The summed E-state index contributed by atoms with van der Waals surface area (Å²) >= 11 is 0. The number of nitriles is 2. The largest absolute Gasteiger partial charge is 1.00 e. The van der Waals surface area contributed by atoms with Crippen LogP contribution in [0.25, 0.3) is 6.08 Å². The molecular formula is C11H7LiN2O2S. The van der Waals surface area contributed by atoms with Crippen molar-refractivity contribution in [3.8, 4) is 12.1 Å². The second-order valence-corrected chi connectivity index (χ2v) is 4.72. The first-order chi connectivity index (χ1) is 7.56. The van der Waals surface area contributed by atoms with E-state index in [1.54, 1.807) is 18.2 Å². The van der Waals surface area contributed by atoms with E-state index in [1.165, 1.54) is 24.3 Å². The summed E-state index contributed by atoms with van der Waals surface area (Å²) in [5.74, 6) is 0. The summed E-state index contributed by atoms with van der Waals surface area (Å²) in [5.41, 5.74) is 0.759. The molecule has 0 heterocycles. The first-order valence-corrected chi connectivity index (χ1v) is 5.69. The minimum atomic E-state index is -3.97. The van der Waals surface area contributed by atoms with E-state index < -0.39 is 15.1 Å². The standard InChI is InChI=1S/C11H7N2O2S.Li/c1-2-9-3-5-10(6-4-9)16(14,15)11(7-12)8-13;/h2-6H,1H2;/q-1;+1. The SMILES string of the molecule is C=Cc1ccc(S(=O)(=O)[C-](C#N)C#N)cc1.[Li+]. The zero-order valence-corrected chi connectivity index (χ0v) is 10.0. The summed E-state index contributed by atoms with van der Waals surface area (Å²) in [4.78, 5) is -0.0730. The van der Waals surface area contributed by atoms with E-state index in [1.807, 2.05) is 0 Å². The minimum absolute atomic E-state index is 0. The van der Waals surface area contributed by atoms with E-state index in [0.717, 1.165) is 5.56 Å². The number of hydrogen-bond acceptors (Lipinski definition) is 4. The van der Waals surface area contributed by atoms with Gasteiger partial charge < -0.3 is 0 Å². The Balaban J connectivity index is 0.00000256. The Morgan fingerprint density at radius 3 is 2.00 bits per heavy atom. The minimum Gasteiger partial charge on any atom is -0.252 e. The van der Waals surface area contributed by atoms with Gasteiger partial charge in [0.15, 0.2) is 0 Å². The third-order valence-corrected chi connectivity index (χ3v) is 3.51. The van der Waals surface area contributed by atoms with Crippen LogP contribution in [-0.2, 0) is 9.84 Å². The first-order valence-electron chi connectivity index (χ1n) is 4.21. The van der Waals surface area contributed by atoms with Gasteiger partial charge in [-0.1, -0.05) is 42.2 Å². The molecule has 0 amide bonds. The zero-order valence-electron chi connectivity index (χ0n) is 9.21. The second kappa shape index (κ2) is 6.18. The van der Waals surface area contributed by atoms with Crippen LogP contribution in [0.3, 0.4) is 0 Å².